The van der Waals surface area contributed by atoms with E-state index in [0.717, 1.165) is 63.2 Å². The van der Waals surface area contributed by atoms with Crippen LogP contribution in [0.2, 0.25) is 0 Å². The van der Waals surface area contributed by atoms with Gasteiger partial charge in [-0.25, -0.2) is 0 Å². The first-order chi connectivity index (χ1) is 21.4. The minimum Gasteiger partial charge on any atom is -0.481 e. The summed E-state index contributed by atoms with van der Waals surface area (Å²) in [4.78, 5) is 21.0. The molecule has 0 saturated heterocycles. The molecule has 0 atom stereocenters. The Bertz CT molecular complexity index is 701. The van der Waals surface area contributed by atoms with Crippen molar-refractivity contribution in [2.45, 2.75) is 181 Å². The quantitative estimate of drug-likeness (QED) is 0.0569. The number of hydrogen-bond donors (Lipinski definition) is 2. The van der Waals surface area contributed by atoms with Crippen molar-refractivity contribution in [1.29, 1.82) is 0 Å². The van der Waals surface area contributed by atoms with Gasteiger partial charge in [-0.2, -0.15) is 0 Å². The number of rotatable bonds is 33. The van der Waals surface area contributed by atoms with Gasteiger partial charge >= 0.3 is 11.9 Å². The van der Waals surface area contributed by atoms with Gasteiger partial charge in [0.1, 0.15) is 0 Å². The molecule has 0 aromatic heterocycles. The predicted octanol–water partition coefficient (Wildman–Crippen LogP) is 12.8. The summed E-state index contributed by atoms with van der Waals surface area (Å²) >= 11 is 0. The molecule has 44 heavy (non-hydrogen) atoms. The fourth-order valence-electron chi connectivity index (χ4n) is 5.65. The van der Waals surface area contributed by atoms with Crippen molar-refractivity contribution in [1.82, 2.24) is 0 Å². The van der Waals surface area contributed by atoms with Gasteiger partial charge in [0, 0.05) is 12.8 Å². The summed E-state index contributed by atoms with van der Waals surface area (Å²) in [5, 5.41) is 17.3. The van der Waals surface area contributed by atoms with Crippen LogP contribution >= 0.6 is 0 Å². The largest absolute Gasteiger partial charge is 0.481 e. The monoisotopic (exact) mass is 615 g/mol. The maximum Gasteiger partial charge on any atom is 0.303 e. The number of allylic oxidation sites excluding steroid dienone is 8. The number of carboxylic acids is 2. The summed E-state index contributed by atoms with van der Waals surface area (Å²) < 4.78 is 0. The Morgan fingerprint density at radius 2 is 0.727 bits per heavy atom. The average Bonchev–Trinajstić information content (AvgIpc) is 2.98. The summed E-state index contributed by atoms with van der Waals surface area (Å²) in [5.74, 6) is 0.335. The summed E-state index contributed by atoms with van der Waals surface area (Å²) in [5.41, 5.74) is 0. The second-order valence-corrected chi connectivity index (χ2v) is 13.0. The Morgan fingerprint density at radius 3 is 1.05 bits per heavy atom. The van der Waals surface area contributed by atoms with Gasteiger partial charge in [-0.15, -0.1) is 0 Å². The maximum absolute atomic E-state index is 10.5. The standard InChI is InChI=1S/C40H70O4/c1-37(2)38(33-29-25-21-17-13-9-5-3-7-11-15-19-23-27-31-35-39(41)42)34-30-26-22-18-14-10-6-4-8-12-16-20-24-28-32-36-40(43)44/h3-4,7-8,15-16,19-20,37-38H,5-6,9-14,17-18,21-36H2,1-2H3,(H,41,42)(H,43,44)/b7-3-,8-4-,19-15-,20-16-. The zero-order valence-electron chi connectivity index (χ0n) is 28.9. The van der Waals surface area contributed by atoms with E-state index in [-0.39, 0.29) is 12.8 Å². The summed E-state index contributed by atoms with van der Waals surface area (Å²) in [6.45, 7) is 4.84. The molecule has 0 aliphatic heterocycles. The van der Waals surface area contributed by atoms with E-state index in [0.29, 0.717) is 0 Å². The molecule has 0 rings (SSSR count). The van der Waals surface area contributed by atoms with Crippen molar-refractivity contribution in [2.75, 3.05) is 0 Å². The third-order valence-corrected chi connectivity index (χ3v) is 8.57. The number of hydrogen-bond acceptors (Lipinski definition) is 2. The van der Waals surface area contributed by atoms with E-state index in [2.05, 4.69) is 62.5 Å². The lowest BCUT2D eigenvalue weighted by Gasteiger charge is -2.20. The van der Waals surface area contributed by atoms with E-state index in [4.69, 9.17) is 10.2 Å². The highest BCUT2D eigenvalue weighted by molar-refractivity contribution is 5.66. The Kier molecular flexibility index (Phi) is 32.2. The van der Waals surface area contributed by atoms with E-state index in [9.17, 15) is 9.59 Å². The van der Waals surface area contributed by atoms with Crippen LogP contribution in [0.15, 0.2) is 48.6 Å². The summed E-state index contributed by atoms with van der Waals surface area (Å²) in [7, 11) is 0. The van der Waals surface area contributed by atoms with Gasteiger partial charge in [0.2, 0.25) is 0 Å². The molecule has 0 radical (unpaired) electrons. The van der Waals surface area contributed by atoms with Crippen LogP contribution in [0.1, 0.15) is 181 Å². The highest BCUT2D eigenvalue weighted by Gasteiger charge is 2.12. The Hall–Kier alpha value is -2.10. The molecule has 2 N–H and O–H groups in total. The summed E-state index contributed by atoms with van der Waals surface area (Å²) in [6, 6.07) is 0. The number of carboxylic acid groups (broad SMARTS) is 2. The molecule has 0 aromatic rings. The number of unbranched alkanes of at least 4 members (excludes halogenated alkanes) is 16. The molecular formula is C40H70O4. The molecule has 0 bridgehead atoms. The summed E-state index contributed by atoms with van der Waals surface area (Å²) in [6.07, 6.45) is 47.6. The van der Waals surface area contributed by atoms with Gasteiger partial charge in [-0.05, 0) is 88.9 Å². The van der Waals surface area contributed by atoms with Crippen molar-refractivity contribution in [3.8, 4) is 0 Å². The Balaban J connectivity index is 3.54. The van der Waals surface area contributed by atoms with Gasteiger partial charge in [0.25, 0.3) is 0 Å². The highest BCUT2D eigenvalue weighted by Crippen LogP contribution is 2.25. The van der Waals surface area contributed by atoms with E-state index < -0.39 is 11.9 Å². The van der Waals surface area contributed by atoms with Crippen LogP contribution in [-0.2, 0) is 9.59 Å². The van der Waals surface area contributed by atoms with Crippen molar-refractivity contribution in [2.24, 2.45) is 11.8 Å². The van der Waals surface area contributed by atoms with Crippen molar-refractivity contribution in [3.63, 3.8) is 0 Å². The van der Waals surface area contributed by atoms with Crippen LogP contribution in [-0.4, -0.2) is 22.2 Å². The molecule has 0 fully saturated rings. The maximum atomic E-state index is 10.5. The van der Waals surface area contributed by atoms with E-state index in [1.54, 1.807) is 0 Å². The molecule has 0 unspecified atom stereocenters. The lowest BCUT2D eigenvalue weighted by molar-refractivity contribution is -0.138. The first-order valence-corrected chi connectivity index (χ1v) is 18.5. The molecule has 4 heteroatoms. The second-order valence-electron chi connectivity index (χ2n) is 13.0. The molecule has 0 aliphatic rings. The Morgan fingerprint density at radius 1 is 0.432 bits per heavy atom. The molecule has 4 nitrogen and oxygen atoms in total. The topological polar surface area (TPSA) is 74.6 Å². The minimum absolute atomic E-state index is 0.288. The van der Waals surface area contributed by atoms with Crippen LogP contribution in [0.5, 0.6) is 0 Å². The van der Waals surface area contributed by atoms with Gasteiger partial charge in [-0.1, -0.05) is 140 Å². The van der Waals surface area contributed by atoms with Crippen molar-refractivity contribution in [3.05, 3.63) is 48.6 Å². The minimum atomic E-state index is -0.691. The molecule has 0 amide bonds. The average molecular weight is 615 g/mol. The lowest BCUT2D eigenvalue weighted by Crippen LogP contribution is -2.08. The van der Waals surface area contributed by atoms with E-state index >= 15 is 0 Å². The van der Waals surface area contributed by atoms with Crippen LogP contribution in [0.3, 0.4) is 0 Å². The van der Waals surface area contributed by atoms with Crippen LogP contribution in [0.4, 0.5) is 0 Å². The van der Waals surface area contributed by atoms with E-state index in [1.165, 1.54) is 103 Å². The van der Waals surface area contributed by atoms with Gasteiger partial charge in [-0.3, -0.25) is 9.59 Å². The highest BCUT2D eigenvalue weighted by atomic mass is 16.4. The van der Waals surface area contributed by atoms with Crippen molar-refractivity contribution >= 4 is 11.9 Å². The zero-order valence-corrected chi connectivity index (χ0v) is 28.9. The van der Waals surface area contributed by atoms with Crippen molar-refractivity contribution < 1.29 is 19.8 Å². The molecule has 0 saturated carbocycles. The van der Waals surface area contributed by atoms with Gasteiger partial charge < -0.3 is 10.2 Å². The second kappa shape index (κ2) is 33.8. The smallest absolute Gasteiger partial charge is 0.303 e. The zero-order chi connectivity index (χ0) is 32.4. The molecule has 0 aliphatic carbocycles. The third kappa shape index (κ3) is 34.4. The predicted molar refractivity (Wildman–Crippen MR) is 190 cm³/mol. The van der Waals surface area contributed by atoms with Crippen LogP contribution in [0.25, 0.3) is 0 Å². The van der Waals surface area contributed by atoms with E-state index in [1.807, 2.05) is 0 Å². The molecule has 254 valence electrons. The molecule has 0 spiro atoms. The van der Waals surface area contributed by atoms with Crippen LogP contribution in [0, 0.1) is 11.8 Å². The first-order valence-electron chi connectivity index (χ1n) is 18.5. The third-order valence-electron chi connectivity index (χ3n) is 8.57. The van der Waals surface area contributed by atoms with Crippen LogP contribution < -0.4 is 0 Å². The molecule has 0 aromatic carbocycles. The Labute approximate surface area is 272 Å². The van der Waals surface area contributed by atoms with Gasteiger partial charge in [0.15, 0.2) is 0 Å². The molecule has 0 heterocycles. The number of aliphatic carboxylic acids is 2. The lowest BCUT2D eigenvalue weighted by atomic mass is 9.85. The fourth-order valence-corrected chi connectivity index (χ4v) is 5.65. The van der Waals surface area contributed by atoms with Gasteiger partial charge in [0.05, 0.1) is 0 Å². The number of carbonyl (C=O) groups is 2. The fraction of sp³-hybridized carbons (Fsp3) is 0.750. The SMILES string of the molecule is CC(C)C(CCCCCCCC/C=C\C/C=C\CCCCC(=O)O)CCCCCCCC/C=C\C/C=C\CCCCC(=O)O. The molecular weight excluding hydrogens is 544 g/mol. The first kappa shape index (κ1) is 41.9. The normalized spacial score (nSPS) is 12.4.